The topological polar surface area (TPSA) is 6.48 Å². The monoisotopic (exact) mass is 284 g/mol. The Kier molecular flexibility index (Phi) is 3.93. The van der Waals surface area contributed by atoms with E-state index in [0.29, 0.717) is 22.7 Å². The summed E-state index contributed by atoms with van der Waals surface area (Å²) in [6.07, 6.45) is 2.51. The Bertz CT molecular complexity index is 441. The number of hydrogen-bond donors (Lipinski definition) is 0. The molecule has 2 aliphatic rings. The molecule has 2 heterocycles. The zero-order valence-corrected chi connectivity index (χ0v) is 11.6. The zero-order chi connectivity index (χ0) is 13.2. The number of benzene rings is 1. The van der Waals surface area contributed by atoms with E-state index in [1.54, 1.807) is 6.07 Å². The second kappa shape index (κ2) is 5.67. The van der Waals surface area contributed by atoms with Crippen LogP contribution in [-0.2, 0) is 0 Å². The summed E-state index contributed by atoms with van der Waals surface area (Å²) in [4.78, 5) is 5.50. The van der Waals surface area contributed by atoms with Gasteiger partial charge >= 0.3 is 0 Å². The highest BCUT2D eigenvalue weighted by Crippen LogP contribution is 2.35. The first-order valence-electron chi connectivity index (χ1n) is 6.77. The van der Waals surface area contributed by atoms with Crippen LogP contribution in [0.2, 0.25) is 0 Å². The lowest BCUT2D eigenvalue weighted by Crippen LogP contribution is -2.50. The van der Waals surface area contributed by atoms with Gasteiger partial charge in [0.05, 0.1) is 5.69 Å². The SMILES string of the molecule is FC(F)Sc1ccccc1N1CCN2CCCC2C1. The third-order valence-electron chi connectivity index (χ3n) is 4.01. The maximum Gasteiger partial charge on any atom is 0.288 e. The van der Waals surface area contributed by atoms with Crippen molar-refractivity contribution in [3.8, 4) is 0 Å². The van der Waals surface area contributed by atoms with Gasteiger partial charge in [0, 0.05) is 30.6 Å². The maximum absolute atomic E-state index is 12.6. The molecule has 19 heavy (non-hydrogen) atoms. The van der Waals surface area contributed by atoms with Crippen molar-refractivity contribution < 1.29 is 8.78 Å². The summed E-state index contributed by atoms with van der Waals surface area (Å²) in [5, 5.41) is 0. The number of halogens is 2. The van der Waals surface area contributed by atoms with E-state index in [1.165, 1.54) is 19.4 Å². The van der Waals surface area contributed by atoms with Gasteiger partial charge in [0.1, 0.15) is 0 Å². The van der Waals surface area contributed by atoms with Crippen molar-refractivity contribution in [1.29, 1.82) is 0 Å². The fourth-order valence-electron chi connectivity index (χ4n) is 3.12. The second-order valence-electron chi connectivity index (χ2n) is 5.12. The van der Waals surface area contributed by atoms with Crippen molar-refractivity contribution in [2.24, 2.45) is 0 Å². The highest BCUT2D eigenvalue weighted by atomic mass is 32.2. The predicted octanol–water partition coefficient (Wildman–Crippen LogP) is 3.29. The normalized spacial score (nSPS) is 23.9. The van der Waals surface area contributed by atoms with Crippen LogP contribution < -0.4 is 4.90 Å². The lowest BCUT2D eigenvalue weighted by atomic mass is 10.1. The lowest BCUT2D eigenvalue weighted by Gasteiger charge is -2.39. The molecule has 2 saturated heterocycles. The van der Waals surface area contributed by atoms with Crippen molar-refractivity contribution in [3.05, 3.63) is 24.3 Å². The van der Waals surface area contributed by atoms with Gasteiger partial charge in [0.15, 0.2) is 0 Å². The summed E-state index contributed by atoms with van der Waals surface area (Å²) in [7, 11) is 0. The van der Waals surface area contributed by atoms with Crippen LogP contribution in [0.3, 0.4) is 0 Å². The Morgan fingerprint density at radius 3 is 2.84 bits per heavy atom. The number of piperazine rings is 1. The molecule has 2 nitrogen and oxygen atoms in total. The molecule has 0 saturated carbocycles. The standard InChI is InChI=1S/C14H18F2N2S/c15-14(16)19-13-6-2-1-5-12(13)18-9-8-17-7-3-4-11(17)10-18/h1-2,5-6,11,14H,3-4,7-10H2. The van der Waals surface area contributed by atoms with Gasteiger partial charge in [-0.05, 0) is 31.5 Å². The van der Waals surface area contributed by atoms with Crippen molar-refractivity contribution in [1.82, 2.24) is 4.90 Å². The van der Waals surface area contributed by atoms with Crippen molar-refractivity contribution >= 4 is 17.4 Å². The molecule has 0 amide bonds. The fraction of sp³-hybridized carbons (Fsp3) is 0.571. The minimum atomic E-state index is -2.35. The average Bonchev–Trinajstić information content (AvgIpc) is 2.86. The third-order valence-corrected chi connectivity index (χ3v) is 4.79. The summed E-state index contributed by atoms with van der Waals surface area (Å²) < 4.78 is 25.2. The van der Waals surface area contributed by atoms with Gasteiger partial charge in [0.25, 0.3) is 5.76 Å². The number of thioether (sulfide) groups is 1. The predicted molar refractivity (Wildman–Crippen MR) is 75.1 cm³/mol. The quantitative estimate of drug-likeness (QED) is 0.787. The van der Waals surface area contributed by atoms with Crippen LogP contribution >= 0.6 is 11.8 Å². The molecule has 0 N–H and O–H groups in total. The van der Waals surface area contributed by atoms with E-state index in [9.17, 15) is 8.78 Å². The number of fused-ring (bicyclic) bond motifs is 1. The van der Waals surface area contributed by atoms with E-state index in [2.05, 4.69) is 9.80 Å². The minimum Gasteiger partial charge on any atom is -0.368 e. The molecular formula is C14H18F2N2S. The Labute approximate surface area is 116 Å². The molecular weight excluding hydrogens is 266 g/mol. The number of rotatable bonds is 3. The molecule has 0 aromatic heterocycles. The van der Waals surface area contributed by atoms with Crippen LogP contribution in [0.15, 0.2) is 29.2 Å². The Morgan fingerprint density at radius 2 is 2.00 bits per heavy atom. The summed E-state index contributed by atoms with van der Waals surface area (Å²) >= 11 is 0.655. The number of nitrogens with zero attached hydrogens (tertiary/aromatic N) is 2. The molecule has 0 spiro atoms. The summed E-state index contributed by atoms with van der Waals surface area (Å²) in [5.74, 6) is -2.35. The minimum absolute atomic E-state index is 0.610. The van der Waals surface area contributed by atoms with Crippen LogP contribution in [0.5, 0.6) is 0 Å². The van der Waals surface area contributed by atoms with E-state index in [1.807, 2.05) is 18.2 Å². The van der Waals surface area contributed by atoms with Gasteiger partial charge in [-0.3, -0.25) is 4.90 Å². The van der Waals surface area contributed by atoms with Crippen molar-refractivity contribution in [2.75, 3.05) is 31.1 Å². The highest BCUT2D eigenvalue weighted by molar-refractivity contribution is 7.99. The van der Waals surface area contributed by atoms with E-state index in [4.69, 9.17) is 0 Å². The molecule has 3 rings (SSSR count). The highest BCUT2D eigenvalue weighted by Gasteiger charge is 2.31. The average molecular weight is 284 g/mol. The molecule has 5 heteroatoms. The number of para-hydroxylation sites is 1. The summed E-state index contributed by atoms with van der Waals surface area (Å²) in [5.41, 5.74) is 0.972. The third kappa shape index (κ3) is 2.87. The first-order valence-corrected chi connectivity index (χ1v) is 7.65. The smallest absolute Gasteiger partial charge is 0.288 e. The Morgan fingerprint density at radius 1 is 1.16 bits per heavy atom. The van der Waals surface area contributed by atoms with Crippen LogP contribution in [0.25, 0.3) is 0 Å². The van der Waals surface area contributed by atoms with Gasteiger partial charge in [-0.1, -0.05) is 23.9 Å². The summed E-state index contributed by atoms with van der Waals surface area (Å²) in [6.45, 7) is 4.17. The van der Waals surface area contributed by atoms with Gasteiger partial charge in [-0.25, -0.2) is 0 Å². The van der Waals surface area contributed by atoms with E-state index < -0.39 is 5.76 Å². The van der Waals surface area contributed by atoms with Gasteiger partial charge in [-0.15, -0.1) is 0 Å². The maximum atomic E-state index is 12.6. The van der Waals surface area contributed by atoms with Crippen LogP contribution in [0.1, 0.15) is 12.8 Å². The van der Waals surface area contributed by atoms with Crippen molar-refractivity contribution in [2.45, 2.75) is 29.5 Å². The molecule has 2 aliphatic heterocycles. The fourth-order valence-corrected chi connectivity index (χ4v) is 3.79. The van der Waals surface area contributed by atoms with Gasteiger partial charge in [0.2, 0.25) is 0 Å². The first kappa shape index (κ1) is 13.2. The number of hydrogen-bond acceptors (Lipinski definition) is 3. The van der Waals surface area contributed by atoms with E-state index in [0.717, 1.165) is 25.3 Å². The molecule has 1 aromatic carbocycles. The van der Waals surface area contributed by atoms with Crippen LogP contribution in [0.4, 0.5) is 14.5 Å². The second-order valence-corrected chi connectivity index (χ2v) is 6.16. The molecule has 1 aromatic rings. The molecule has 2 fully saturated rings. The number of anilines is 1. The van der Waals surface area contributed by atoms with Crippen LogP contribution in [0, 0.1) is 0 Å². The first-order chi connectivity index (χ1) is 9.24. The molecule has 0 bridgehead atoms. The lowest BCUT2D eigenvalue weighted by molar-refractivity contribution is 0.230. The zero-order valence-electron chi connectivity index (χ0n) is 10.8. The van der Waals surface area contributed by atoms with Gasteiger partial charge < -0.3 is 4.90 Å². The number of alkyl halides is 2. The Balaban J connectivity index is 1.78. The molecule has 1 unspecified atom stereocenters. The molecule has 104 valence electrons. The molecule has 1 atom stereocenters. The molecule has 0 radical (unpaired) electrons. The van der Waals surface area contributed by atoms with Crippen molar-refractivity contribution in [3.63, 3.8) is 0 Å². The van der Waals surface area contributed by atoms with E-state index >= 15 is 0 Å². The van der Waals surface area contributed by atoms with Crippen LogP contribution in [-0.4, -0.2) is 42.9 Å². The largest absolute Gasteiger partial charge is 0.368 e. The summed E-state index contributed by atoms with van der Waals surface area (Å²) in [6, 6.07) is 8.15. The van der Waals surface area contributed by atoms with Gasteiger partial charge in [-0.2, -0.15) is 8.78 Å². The molecule has 0 aliphatic carbocycles. The van der Waals surface area contributed by atoms with E-state index in [-0.39, 0.29) is 0 Å². The Hall–Kier alpha value is -0.810.